The Morgan fingerprint density at radius 2 is 1.58 bits per heavy atom. The normalized spacial score (nSPS) is 29.1. The number of esters is 1. The molecule has 0 unspecified atom stereocenters. The average molecular weight is 619 g/mol. The van der Waals surface area contributed by atoms with Crippen LogP contribution in [0.2, 0.25) is 0 Å². The largest absolute Gasteiger partial charge is 0.468 e. The van der Waals surface area contributed by atoms with Gasteiger partial charge in [-0.05, 0) is 104 Å². The van der Waals surface area contributed by atoms with Crippen LogP contribution in [0.1, 0.15) is 88.2 Å². The van der Waals surface area contributed by atoms with Crippen LogP contribution in [0.4, 0.5) is 0 Å². The first-order valence-electron chi connectivity index (χ1n) is 16.2. The molecule has 3 aliphatic rings. The van der Waals surface area contributed by atoms with Crippen molar-refractivity contribution in [3.05, 3.63) is 70.3 Å². The topological polar surface area (TPSA) is 80.3 Å². The van der Waals surface area contributed by atoms with Gasteiger partial charge < -0.3 is 23.7 Å². The maximum absolute atomic E-state index is 13.8. The van der Waals surface area contributed by atoms with Crippen LogP contribution in [0.15, 0.2) is 53.6 Å². The number of carbonyl (C=O) groups is 2. The molecule has 5 atom stereocenters. The Kier molecular flexibility index (Phi) is 9.53. The number of hydrogen-bond donors (Lipinski definition) is 0. The number of carbonyl (C=O) groups excluding carboxylic acids is 2. The molecule has 2 fully saturated rings. The van der Waals surface area contributed by atoms with Crippen LogP contribution in [0, 0.1) is 35.0 Å². The smallest absolute Gasteiger partial charge is 0.338 e. The van der Waals surface area contributed by atoms with Gasteiger partial charge in [0.05, 0.1) is 5.56 Å². The minimum absolute atomic E-state index is 0.0809. The first-order valence-corrected chi connectivity index (χ1v) is 16.2. The zero-order valence-electron chi connectivity index (χ0n) is 28.3. The van der Waals surface area contributed by atoms with E-state index in [1.807, 2.05) is 56.3 Å². The number of rotatable bonds is 10. The Balaban J connectivity index is 1.47. The van der Waals surface area contributed by atoms with Gasteiger partial charge in [0.2, 0.25) is 0 Å². The third-order valence-electron chi connectivity index (χ3n) is 11.6. The van der Waals surface area contributed by atoms with Crippen LogP contribution in [0.3, 0.4) is 0 Å². The molecule has 0 aliphatic heterocycles. The highest BCUT2D eigenvalue weighted by molar-refractivity contribution is 5.97. The summed E-state index contributed by atoms with van der Waals surface area (Å²) >= 11 is 0. The fourth-order valence-corrected chi connectivity index (χ4v) is 9.27. The SMILES string of the molecule is COCOc1cc(C)c(OCOC)c(CC2=C(C)C(=O)C[C@@H]3[C@@]4(C)CC[C@H](OC(=O)c5ccccc5)C(C)(C)[C@@H]4CC[C@@]23C)c1. The van der Waals surface area contributed by atoms with Crippen molar-refractivity contribution in [3.8, 4) is 11.5 Å². The van der Waals surface area contributed by atoms with Crippen LogP contribution in [-0.2, 0) is 25.4 Å². The van der Waals surface area contributed by atoms with Crippen LogP contribution in [0.5, 0.6) is 11.5 Å². The van der Waals surface area contributed by atoms with Gasteiger partial charge in [-0.15, -0.1) is 0 Å². The number of allylic oxidation sites excluding steroid dienone is 2. The number of Topliss-reactive ketones (excluding diaryl/α,β-unsaturated/α-hetero) is 1. The van der Waals surface area contributed by atoms with Gasteiger partial charge in [0.15, 0.2) is 19.4 Å². The van der Waals surface area contributed by atoms with E-state index in [9.17, 15) is 9.59 Å². The first kappa shape index (κ1) is 33.2. The summed E-state index contributed by atoms with van der Waals surface area (Å²) in [5.74, 6) is 1.93. The minimum atomic E-state index is -0.259. The molecule has 0 radical (unpaired) electrons. The Labute approximate surface area is 268 Å². The minimum Gasteiger partial charge on any atom is -0.468 e. The highest BCUT2D eigenvalue weighted by Gasteiger charge is 2.63. The van der Waals surface area contributed by atoms with Crippen LogP contribution in [-0.4, -0.2) is 45.7 Å². The van der Waals surface area contributed by atoms with E-state index in [-0.39, 0.29) is 53.6 Å². The lowest BCUT2D eigenvalue weighted by molar-refractivity contribution is -0.170. The van der Waals surface area contributed by atoms with Crippen molar-refractivity contribution in [1.82, 2.24) is 0 Å². The second-order valence-electron chi connectivity index (χ2n) is 14.4. The second-order valence-corrected chi connectivity index (χ2v) is 14.4. The summed E-state index contributed by atoms with van der Waals surface area (Å²) in [5.41, 5.74) is 4.10. The van der Waals surface area contributed by atoms with Gasteiger partial charge in [0, 0.05) is 31.6 Å². The van der Waals surface area contributed by atoms with E-state index in [1.54, 1.807) is 14.2 Å². The number of ketones is 1. The van der Waals surface area contributed by atoms with Crippen LogP contribution < -0.4 is 9.47 Å². The number of aryl methyl sites for hydroxylation is 1. The molecular weight excluding hydrogens is 568 g/mol. The quantitative estimate of drug-likeness (QED) is 0.198. The molecule has 0 spiro atoms. The van der Waals surface area contributed by atoms with Crippen LogP contribution >= 0.6 is 0 Å². The van der Waals surface area contributed by atoms with E-state index in [1.165, 1.54) is 5.57 Å². The summed E-state index contributed by atoms with van der Waals surface area (Å²) in [7, 11) is 3.22. The van der Waals surface area contributed by atoms with E-state index in [0.717, 1.165) is 48.1 Å². The molecule has 0 amide bonds. The number of benzene rings is 2. The number of ether oxygens (including phenoxy) is 5. The van der Waals surface area contributed by atoms with Crippen molar-refractivity contribution in [2.45, 2.75) is 86.2 Å². The summed E-state index contributed by atoms with van der Waals surface area (Å²) in [4.78, 5) is 27.0. The summed E-state index contributed by atoms with van der Waals surface area (Å²) in [6.45, 7) is 13.6. The monoisotopic (exact) mass is 618 g/mol. The Hall–Kier alpha value is -3.16. The Morgan fingerprint density at radius 1 is 0.889 bits per heavy atom. The van der Waals surface area contributed by atoms with Crippen molar-refractivity contribution in [3.63, 3.8) is 0 Å². The molecule has 7 heteroatoms. The van der Waals surface area contributed by atoms with Gasteiger partial charge in [-0.2, -0.15) is 0 Å². The van der Waals surface area contributed by atoms with Gasteiger partial charge in [-0.25, -0.2) is 4.79 Å². The highest BCUT2D eigenvalue weighted by atomic mass is 16.7. The van der Waals surface area contributed by atoms with Crippen molar-refractivity contribution in [2.75, 3.05) is 27.8 Å². The molecule has 0 bridgehead atoms. The lowest BCUT2D eigenvalue weighted by atomic mass is 9.40. The molecule has 2 saturated carbocycles. The predicted octanol–water partition coefficient (Wildman–Crippen LogP) is 7.88. The third kappa shape index (κ3) is 6.06. The molecule has 3 aliphatic carbocycles. The molecule has 45 heavy (non-hydrogen) atoms. The number of methoxy groups -OCH3 is 2. The zero-order valence-corrected chi connectivity index (χ0v) is 28.3. The summed E-state index contributed by atoms with van der Waals surface area (Å²) in [5, 5.41) is 0. The highest BCUT2D eigenvalue weighted by Crippen LogP contribution is 2.68. The van der Waals surface area contributed by atoms with E-state index in [2.05, 4.69) is 27.7 Å². The predicted molar refractivity (Wildman–Crippen MR) is 173 cm³/mol. The van der Waals surface area contributed by atoms with E-state index in [4.69, 9.17) is 23.7 Å². The standard InChI is InChI=1S/C38H50O7/c1-24-18-28(43-22-41-7)19-27(34(24)44-23-42-8)20-29-25(2)30(39)21-32-37(29,5)16-14-31-36(3,4)33(15-17-38(31,32)6)45-35(40)26-12-10-9-11-13-26/h9-13,18-19,31-33H,14-17,20-23H2,1-8H3/t31-,32-,33-,37-,38-/m0/s1. The van der Waals surface area contributed by atoms with Gasteiger partial charge in [0.25, 0.3) is 0 Å². The van der Waals surface area contributed by atoms with Crippen molar-refractivity contribution in [1.29, 1.82) is 0 Å². The molecule has 2 aromatic carbocycles. The molecule has 0 N–H and O–H groups in total. The summed E-state index contributed by atoms with van der Waals surface area (Å²) in [6, 6.07) is 13.2. The van der Waals surface area contributed by atoms with Crippen molar-refractivity contribution < 1.29 is 33.3 Å². The summed E-state index contributed by atoms with van der Waals surface area (Å²) < 4.78 is 28.6. The van der Waals surface area contributed by atoms with Crippen molar-refractivity contribution >= 4 is 11.8 Å². The Bertz CT molecular complexity index is 1440. The first-order chi connectivity index (χ1) is 21.4. The maximum Gasteiger partial charge on any atom is 0.338 e. The van der Waals surface area contributed by atoms with Gasteiger partial charge >= 0.3 is 5.97 Å². The summed E-state index contributed by atoms with van der Waals surface area (Å²) in [6.07, 6.45) is 4.63. The lowest BCUT2D eigenvalue weighted by Gasteiger charge is -2.65. The molecule has 244 valence electrons. The fraction of sp³-hybridized carbons (Fsp3) is 0.579. The van der Waals surface area contributed by atoms with E-state index >= 15 is 0 Å². The van der Waals surface area contributed by atoms with Crippen LogP contribution in [0.25, 0.3) is 0 Å². The maximum atomic E-state index is 13.8. The molecule has 7 nitrogen and oxygen atoms in total. The third-order valence-corrected chi connectivity index (χ3v) is 11.6. The second kappa shape index (κ2) is 12.9. The molecule has 5 rings (SSSR count). The van der Waals surface area contributed by atoms with Gasteiger partial charge in [-0.1, -0.05) is 51.5 Å². The molecule has 0 aromatic heterocycles. The van der Waals surface area contributed by atoms with E-state index in [0.29, 0.717) is 30.1 Å². The number of hydrogen-bond acceptors (Lipinski definition) is 7. The molecule has 0 saturated heterocycles. The molecular formula is C38H50O7. The lowest BCUT2D eigenvalue weighted by Crippen LogP contribution is -2.60. The van der Waals surface area contributed by atoms with Gasteiger partial charge in [0.1, 0.15) is 17.6 Å². The average Bonchev–Trinajstić information content (AvgIpc) is 3.01. The molecule has 0 heterocycles. The number of fused-ring (bicyclic) bond motifs is 3. The Morgan fingerprint density at radius 3 is 2.27 bits per heavy atom. The molecule has 2 aromatic rings. The van der Waals surface area contributed by atoms with Crippen molar-refractivity contribution in [2.24, 2.45) is 28.1 Å². The van der Waals surface area contributed by atoms with Gasteiger partial charge in [-0.3, -0.25) is 4.79 Å². The zero-order chi connectivity index (χ0) is 32.6. The fourth-order valence-electron chi connectivity index (χ4n) is 9.27. The van der Waals surface area contributed by atoms with E-state index < -0.39 is 0 Å².